The van der Waals surface area contributed by atoms with Crippen molar-refractivity contribution in [2.45, 2.75) is 33.4 Å². The molecule has 0 bridgehead atoms. The molecule has 2 N–H and O–H groups in total. The van der Waals surface area contributed by atoms with E-state index in [1.165, 1.54) is 0 Å². The van der Waals surface area contributed by atoms with Crippen molar-refractivity contribution in [3.8, 4) is 0 Å². The van der Waals surface area contributed by atoms with Gasteiger partial charge in [-0.1, -0.05) is 26.8 Å². The van der Waals surface area contributed by atoms with Gasteiger partial charge in [0.05, 0.1) is 0 Å². The predicted octanol–water partition coefficient (Wildman–Crippen LogP) is 1.22. The van der Waals surface area contributed by atoms with Crippen molar-refractivity contribution in [1.82, 2.24) is 4.57 Å². The Morgan fingerprint density at radius 3 is 2.57 bits per heavy atom. The number of hydrogen-bond acceptors (Lipinski definition) is 2. The molecule has 0 amide bonds. The molecular formula is C11H18N2O. The fourth-order valence-electron chi connectivity index (χ4n) is 1.10. The smallest absolute Gasteiger partial charge is 0.250 e. The summed E-state index contributed by atoms with van der Waals surface area (Å²) in [4.78, 5) is 11.4. The zero-order valence-electron chi connectivity index (χ0n) is 9.03. The predicted molar refractivity (Wildman–Crippen MR) is 58.1 cm³/mol. The van der Waals surface area contributed by atoms with Crippen LogP contribution in [0.15, 0.2) is 29.2 Å². The average Bonchev–Trinajstić information content (AvgIpc) is 2.07. The molecule has 1 aromatic rings. The summed E-state index contributed by atoms with van der Waals surface area (Å²) in [7, 11) is 0. The summed E-state index contributed by atoms with van der Waals surface area (Å²) >= 11 is 0. The van der Waals surface area contributed by atoms with E-state index in [1.807, 2.05) is 6.07 Å². The highest BCUT2D eigenvalue weighted by atomic mass is 16.1. The van der Waals surface area contributed by atoms with Crippen molar-refractivity contribution in [3.63, 3.8) is 0 Å². The monoisotopic (exact) mass is 194 g/mol. The molecular weight excluding hydrogens is 176 g/mol. The van der Waals surface area contributed by atoms with Gasteiger partial charge >= 0.3 is 0 Å². The molecule has 1 aromatic heterocycles. The van der Waals surface area contributed by atoms with Crippen LogP contribution in [0, 0.1) is 5.41 Å². The lowest BCUT2D eigenvalue weighted by molar-refractivity contribution is 0.289. The second-order valence-corrected chi connectivity index (χ2v) is 4.66. The molecule has 14 heavy (non-hydrogen) atoms. The van der Waals surface area contributed by atoms with Crippen LogP contribution in [0.3, 0.4) is 0 Å². The van der Waals surface area contributed by atoms with Crippen LogP contribution in [0.1, 0.15) is 20.8 Å². The first-order valence-corrected chi connectivity index (χ1v) is 4.82. The second kappa shape index (κ2) is 3.96. The summed E-state index contributed by atoms with van der Waals surface area (Å²) in [5.41, 5.74) is 6.02. The molecule has 0 unspecified atom stereocenters. The van der Waals surface area contributed by atoms with E-state index in [4.69, 9.17) is 5.73 Å². The number of hydrogen-bond donors (Lipinski definition) is 1. The molecule has 0 aromatic carbocycles. The van der Waals surface area contributed by atoms with E-state index in [0.717, 1.165) is 0 Å². The maximum atomic E-state index is 11.4. The van der Waals surface area contributed by atoms with E-state index in [1.54, 1.807) is 22.9 Å². The van der Waals surface area contributed by atoms with Gasteiger partial charge in [0, 0.05) is 24.8 Å². The highest BCUT2D eigenvalue weighted by molar-refractivity contribution is 4.94. The summed E-state index contributed by atoms with van der Waals surface area (Å²) in [5.74, 6) is 0. The van der Waals surface area contributed by atoms with Crippen LogP contribution in [0.5, 0.6) is 0 Å². The lowest BCUT2D eigenvalue weighted by atomic mass is 9.87. The standard InChI is InChI=1S/C11H18N2O/c1-11(2,3)9(12)8-13-7-5-4-6-10(13)14/h4-7,9H,8,12H2,1-3H3/t9-/m1/s1. The molecule has 0 radical (unpaired) electrons. The first-order valence-electron chi connectivity index (χ1n) is 4.82. The minimum Gasteiger partial charge on any atom is -0.326 e. The van der Waals surface area contributed by atoms with Gasteiger partial charge in [0.1, 0.15) is 0 Å². The maximum absolute atomic E-state index is 11.4. The van der Waals surface area contributed by atoms with Gasteiger partial charge in [-0.05, 0) is 11.5 Å². The lowest BCUT2D eigenvalue weighted by Crippen LogP contribution is -2.41. The van der Waals surface area contributed by atoms with Gasteiger partial charge in [-0.3, -0.25) is 4.79 Å². The van der Waals surface area contributed by atoms with Crippen LogP contribution in [0.25, 0.3) is 0 Å². The highest BCUT2D eigenvalue weighted by Gasteiger charge is 2.20. The van der Waals surface area contributed by atoms with Crippen LogP contribution < -0.4 is 11.3 Å². The lowest BCUT2D eigenvalue weighted by Gasteiger charge is -2.27. The quantitative estimate of drug-likeness (QED) is 0.769. The van der Waals surface area contributed by atoms with Crippen molar-refractivity contribution in [2.24, 2.45) is 11.1 Å². The molecule has 0 saturated heterocycles. The minimum absolute atomic E-state index is 0.00667. The Morgan fingerprint density at radius 2 is 2.07 bits per heavy atom. The Kier molecular flexibility index (Phi) is 3.11. The summed E-state index contributed by atoms with van der Waals surface area (Å²) in [6.07, 6.45) is 1.77. The first kappa shape index (κ1) is 11.0. The molecule has 3 nitrogen and oxygen atoms in total. The van der Waals surface area contributed by atoms with E-state index in [2.05, 4.69) is 20.8 Å². The largest absolute Gasteiger partial charge is 0.326 e. The van der Waals surface area contributed by atoms with Crippen molar-refractivity contribution < 1.29 is 0 Å². The second-order valence-electron chi connectivity index (χ2n) is 4.66. The minimum atomic E-state index is -0.0115. The molecule has 0 aliphatic rings. The van der Waals surface area contributed by atoms with Crippen molar-refractivity contribution in [2.75, 3.05) is 0 Å². The van der Waals surface area contributed by atoms with E-state index in [9.17, 15) is 4.79 Å². The number of nitrogens with two attached hydrogens (primary N) is 1. The molecule has 78 valence electrons. The summed E-state index contributed by atoms with van der Waals surface area (Å²) < 4.78 is 1.65. The average molecular weight is 194 g/mol. The molecule has 1 rings (SSSR count). The van der Waals surface area contributed by atoms with Gasteiger partial charge in [-0.2, -0.15) is 0 Å². The summed E-state index contributed by atoms with van der Waals surface area (Å²) in [6, 6.07) is 5.12. The molecule has 0 fully saturated rings. The fourth-order valence-corrected chi connectivity index (χ4v) is 1.10. The van der Waals surface area contributed by atoms with E-state index in [-0.39, 0.29) is 17.0 Å². The van der Waals surface area contributed by atoms with Gasteiger partial charge in [-0.25, -0.2) is 0 Å². The van der Waals surface area contributed by atoms with E-state index < -0.39 is 0 Å². The van der Waals surface area contributed by atoms with Gasteiger partial charge in [0.15, 0.2) is 0 Å². The third-order valence-electron chi connectivity index (χ3n) is 2.40. The number of rotatable bonds is 2. The zero-order chi connectivity index (χ0) is 10.8. The van der Waals surface area contributed by atoms with Crippen molar-refractivity contribution >= 4 is 0 Å². The number of aromatic nitrogens is 1. The number of nitrogens with zero attached hydrogens (tertiary/aromatic N) is 1. The Bertz CT molecular complexity index is 349. The van der Waals surface area contributed by atoms with Gasteiger partial charge < -0.3 is 10.3 Å². The molecule has 0 saturated carbocycles. The van der Waals surface area contributed by atoms with Crippen LogP contribution in [0.2, 0.25) is 0 Å². The van der Waals surface area contributed by atoms with Crippen LogP contribution in [-0.4, -0.2) is 10.6 Å². The Morgan fingerprint density at radius 1 is 1.43 bits per heavy atom. The fraction of sp³-hybridized carbons (Fsp3) is 0.545. The van der Waals surface area contributed by atoms with Crippen molar-refractivity contribution in [3.05, 3.63) is 34.7 Å². The van der Waals surface area contributed by atoms with Gasteiger partial charge in [0.2, 0.25) is 0 Å². The number of pyridine rings is 1. The van der Waals surface area contributed by atoms with Crippen molar-refractivity contribution in [1.29, 1.82) is 0 Å². The molecule has 3 heteroatoms. The van der Waals surface area contributed by atoms with E-state index in [0.29, 0.717) is 6.54 Å². The Hall–Kier alpha value is -1.09. The molecule has 1 heterocycles. The van der Waals surface area contributed by atoms with Gasteiger partial charge in [0.25, 0.3) is 5.56 Å². The summed E-state index contributed by atoms with van der Waals surface area (Å²) in [5, 5.41) is 0. The molecule has 0 aliphatic heterocycles. The van der Waals surface area contributed by atoms with Crippen LogP contribution in [0.4, 0.5) is 0 Å². The highest BCUT2D eigenvalue weighted by Crippen LogP contribution is 2.17. The first-order chi connectivity index (χ1) is 6.41. The van der Waals surface area contributed by atoms with E-state index >= 15 is 0 Å². The maximum Gasteiger partial charge on any atom is 0.250 e. The van der Waals surface area contributed by atoms with Crippen LogP contribution >= 0.6 is 0 Å². The molecule has 0 spiro atoms. The Labute approximate surface area is 84.6 Å². The normalized spacial score (nSPS) is 14.0. The topological polar surface area (TPSA) is 48.0 Å². The SMILES string of the molecule is CC(C)(C)[C@H](N)Cn1ccccc1=O. The Balaban J connectivity index is 2.80. The zero-order valence-corrected chi connectivity index (χ0v) is 9.03. The summed E-state index contributed by atoms with van der Waals surface area (Å²) in [6.45, 7) is 6.80. The third kappa shape index (κ3) is 2.70. The molecule has 1 atom stereocenters. The molecule has 0 aliphatic carbocycles. The third-order valence-corrected chi connectivity index (χ3v) is 2.40. The van der Waals surface area contributed by atoms with Crippen LogP contribution in [-0.2, 0) is 6.54 Å². The van der Waals surface area contributed by atoms with Gasteiger partial charge in [-0.15, -0.1) is 0 Å².